The predicted octanol–water partition coefficient (Wildman–Crippen LogP) is 4.79. The Morgan fingerprint density at radius 1 is 1.29 bits per heavy atom. The number of rotatable bonds is 4. The lowest BCUT2D eigenvalue weighted by atomic mass is 9.90. The Balaban J connectivity index is 0.000000878. The van der Waals surface area contributed by atoms with E-state index in [4.69, 9.17) is 30.4 Å². The molecule has 1 aromatic heterocycles. The highest BCUT2D eigenvalue weighted by molar-refractivity contribution is 6.30. The van der Waals surface area contributed by atoms with Gasteiger partial charge in [-0.15, -0.1) is 0 Å². The molecule has 6 nitrogen and oxygen atoms in total. The van der Waals surface area contributed by atoms with Crippen LogP contribution in [0.4, 0.5) is 0 Å². The first-order valence-corrected chi connectivity index (χ1v) is 9.35. The molecule has 0 bridgehead atoms. The normalized spacial score (nSPS) is 14.5. The van der Waals surface area contributed by atoms with Crippen LogP contribution in [-0.2, 0) is 24.5 Å². The SMILES string of the molecule is Cc1cc(Cl)ccc1-c1c(C)noc1C1(CC(=O)OC(C)(C)C)CC1.O=C=O. The van der Waals surface area contributed by atoms with E-state index in [0.29, 0.717) is 11.4 Å². The molecule has 0 unspecified atom stereocenters. The van der Waals surface area contributed by atoms with Crippen LogP contribution < -0.4 is 0 Å². The minimum atomic E-state index is -0.486. The summed E-state index contributed by atoms with van der Waals surface area (Å²) in [5.74, 6) is 0.596. The van der Waals surface area contributed by atoms with Gasteiger partial charge in [-0.3, -0.25) is 4.79 Å². The lowest BCUT2D eigenvalue weighted by molar-refractivity contribution is -0.191. The Labute approximate surface area is 169 Å². The molecule has 0 atom stereocenters. The van der Waals surface area contributed by atoms with Crippen molar-refractivity contribution in [1.29, 1.82) is 0 Å². The van der Waals surface area contributed by atoms with Crippen molar-refractivity contribution in [3.8, 4) is 11.1 Å². The predicted molar refractivity (Wildman–Crippen MR) is 103 cm³/mol. The number of hydrogen-bond acceptors (Lipinski definition) is 6. The van der Waals surface area contributed by atoms with Crippen LogP contribution >= 0.6 is 11.6 Å². The third-order valence-corrected chi connectivity index (χ3v) is 4.79. The minimum absolute atomic E-state index is 0.196. The Kier molecular flexibility index (Phi) is 6.48. The standard InChI is InChI=1S/C20H24ClNO3.CO2/c1-12-10-14(21)6-7-15(12)17-13(2)22-25-18(17)20(8-9-20)11-16(23)24-19(3,4)5;2-1-3/h6-7,10H,8-9,11H2,1-5H3;. The lowest BCUT2D eigenvalue weighted by Gasteiger charge is -2.21. The fraction of sp³-hybridized carbons (Fsp3) is 0.476. The first kappa shape index (κ1) is 21.9. The van der Waals surface area contributed by atoms with Gasteiger partial charge in [0.15, 0.2) is 5.76 Å². The molecule has 1 heterocycles. The number of esters is 1. The van der Waals surface area contributed by atoms with Crippen LogP contribution in [0.25, 0.3) is 11.1 Å². The summed E-state index contributed by atoms with van der Waals surface area (Å²) in [6.45, 7) is 9.59. The highest BCUT2D eigenvalue weighted by Crippen LogP contribution is 2.55. The highest BCUT2D eigenvalue weighted by atomic mass is 35.5. The monoisotopic (exact) mass is 405 g/mol. The molecule has 1 aliphatic carbocycles. The summed E-state index contributed by atoms with van der Waals surface area (Å²) < 4.78 is 11.2. The molecular weight excluding hydrogens is 382 g/mol. The van der Waals surface area contributed by atoms with E-state index in [1.165, 1.54) is 0 Å². The molecular formula is C21H24ClNO5. The zero-order valence-corrected chi connectivity index (χ0v) is 17.5. The Hall–Kier alpha value is -2.43. The van der Waals surface area contributed by atoms with E-state index < -0.39 is 5.60 Å². The van der Waals surface area contributed by atoms with Gasteiger partial charge < -0.3 is 9.26 Å². The second kappa shape index (κ2) is 8.29. The molecule has 0 N–H and O–H groups in total. The average molecular weight is 406 g/mol. The van der Waals surface area contributed by atoms with Crippen LogP contribution in [0, 0.1) is 13.8 Å². The summed E-state index contributed by atoms with van der Waals surface area (Å²) in [6.07, 6.45) is 2.37. The molecule has 0 spiro atoms. The summed E-state index contributed by atoms with van der Waals surface area (Å²) in [4.78, 5) is 28.6. The van der Waals surface area contributed by atoms with Crippen LogP contribution in [0.15, 0.2) is 22.7 Å². The smallest absolute Gasteiger partial charge is 0.373 e. The van der Waals surface area contributed by atoms with E-state index in [9.17, 15) is 4.79 Å². The maximum atomic E-state index is 12.4. The molecule has 7 heteroatoms. The van der Waals surface area contributed by atoms with E-state index >= 15 is 0 Å². The summed E-state index contributed by atoms with van der Waals surface area (Å²) in [5.41, 5.74) is 3.14. The van der Waals surface area contributed by atoms with Gasteiger partial charge in [0.25, 0.3) is 0 Å². The second-order valence-electron chi connectivity index (χ2n) is 8.06. The number of aromatic nitrogens is 1. The molecule has 3 rings (SSSR count). The zero-order chi connectivity index (χ0) is 21.1. The molecule has 0 radical (unpaired) electrons. The third-order valence-electron chi connectivity index (χ3n) is 4.56. The van der Waals surface area contributed by atoms with Gasteiger partial charge >= 0.3 is 12.1 Å². The van der Waals surface area contributed by atoms with Gasteiger partial charge in [0.1, 0.15) is 5.60 Å². The highest BCUT2D eigenvalue weighted by Gasteiger charge is 2.52. The van der Waals surface area contributed by atoms with Gasteiger partial charge in [0.2, 0.25) is 0 Å². The molecule has 1 fully saturated rings. The lowest BCUT2D eigenvalue weighted by Crippen LogP contribution is -2.26. The Morgan fingerprint density at radius 2 is 1.89 bits per heavy atom. The van der Waals surface area contributed by atoms with Gasteiger partial charge in [-0.05, 0) is 70.7 Å². The molecule has 1 aliphatic rings. The van der Waals surface area contributed by atoms with Gasteiger partial charge in [-0.1, -0.05) is 22.8 Å². The fourth-order valence-electron chi connectivity index (χ4n) is 3.25. The van der Waals surface area contributed by atoms with Crippen LogP contribution in [0.3, 0.4) is 0 Å². The van der Waals surface area contributed by atoms with Crippen LogP contribution in [-0.4, -0.2) is 22.9 Å². The van der Waals surface area contributed by atoms with Crippen LogP contribution in [0.5, 0.6) is 0 Å². The van der Waals surface area contributed by atoms with Crippen molar-refractivity contribution in [3.05, 3.63) is 40.2 Å². The minimum Gasteiger partial charge on any atom is -0.460 e. The van der Waals surface area contributed by atoms with Crippen molar-refractivity contribution in [3.63, 3.8) is 0 Å². The van der Waals surface area contributed by atoms with Crippen molar-refractivity contribution in [2.24, 2.45) is 0 Å². The molecule has 28 heavy (non-hydrogen) atoms. The third kappa shape index (κ3) is 5.09. The maximum Gasteiger partial charge on any atom is 0.373 e. The first-order valence-electron chi connectivity index (χ1n) is 8.97. The molecule has 0 amide bonds. The number of ether oxygens (including phenoxy) is 1. The van der Waals surface area contributed by atoms with Gasteiger partial charge in [0.05, 0.1) is 12.1 Å². The Bertz CT molecular complexity index is 900. The number of carbonyl (C=O) groups excluding carboxylic acids is 3. The summed E-state index contributed by atoms with van der Waals surface area (Å²) in [6, 6.07) is 5.79. The van der Waals surface area contributed by atoms with Crippen molar-refractivity contribution >= 4 is 23.7 Å². The molecule has 1 aromatic carbocycles. The molecule has 1 saturated carbocycles. The number of halogens is 1. The van der Waals surface area contributed by atoms with Gasteiger partial charge in [0, 0.05) is 16.0 Å². The zero-order valence-electron chi connectivity index (χ0n) is 16.7. The number of aryl methyl sites for hydroxylation is 2. The summed E-state index contributed by atoms with van der Waals surface area (Å²) in [7, 11) is 0. The fourth-order valence-corrected chi connectivity index (χ4v) is 3.47. The van der Waals surface area contributed by atoms with E-state index in [-0.39, 0.29) is 17.5 Å². The van der Waals surface area contributed by atoms with Crippen LogP contribution in [0.2, 0.25) is 5.02 Å². The largest absolute Gasteiger partial charge is 0.460 e. The molecule has 0 aliphatic heterocycles. The van der Waals surface area contributed by atoms with E-state index in [0.717, 1.165) is 41.0 Å². The molecule has 150 valence electrons. The number of hydrogen-bond donors (Lipinski definition) is 0. The number of benzene rings is 1. The van der Waals surface area contributed by atoms with Gasteiger partial charge in [-0.25, -0.2) is 0 Å². The number of nitrogens with zero attached hydrogens (tertiary/aromatic N) is 1. The first-order chi connectivity index (χ1) is 13.0. The average Bonchev–Trinajstić information content (AvgIpc) is 3.21. The van der Waals surface area contributed by atoms with Crippen LogP contribution in [0.1, 0.15) is 57.1 Å². The maximum absolute atomic E-state index is 12.4. The second-order valence-corrected chi connectivity index (χ2v) is 8.49. The number of carbonyl (C=O) groups is 1. The van der Waals surface area contributed by atoms with E-state index in [2.05, 4.69) is 5.16 Å². The summed E-state index contributed by atoms with van der Waals surface area (Å²) >= 11 is 6.09. The molecule has 0 saturated heterocycles. The van der Waals surface area contributed by atoms with Crippen molar-refractivity contribution < 1.29 is 23.6 Å². The van der Waals surface area contributed by atoms with Crippen molar-refractivity contribution in [1.82, 2.24) is 5.16 Å². The van der Waals surface area contributed by atoms with E-state index in [1.54, 1.807) is 0 Å². The molecule has 2 aromatic rings. The van der Waals surface area contributed by atoms with Crippen molar-refractivity contribution in [2.75, 3.05) is 0 Å². The summed E-state index contributed by atoms with van der Waals surface area (Å²) in [5, 5.41) is 4.89. The Morgan fingerprint density at radius 3 is 2.39 bits per heavy atom. The quantitative estimate of drug-likeness (QED) is 0.679. The van der Waals surface area contributed by atoms with Gasteiger partial charge in [-0.2, -0.15) is 9.59 Å². The van der Waals surface area contributed by atoms with Crippen molar-refractivity contribution in [2.45, 2.75) is 64.9 Å². The van der Waals surface area contributed by atoms with E-state index in [1.807, 2.05) is 52.8 Å². The topological polar surface area (TPSA) is 86.5 Å².